The summed E-state index contributed by atoms with van der Waals surface area (Å²) in [6.45, 7) is 3.74. The summed E-state index contributed by atoms with van der Waals surface area (Å²) in [6.07, 6.45) is 2.30. The van der Waals surface area contributed by atoms with E-state index < -0.39 is 0 Å². The lowest BCUT2D eigenvalue weighted by Crippen LogP contribution is -2.45. The fraction of sp³-hybridized carbons (Fsp3) is 0.435. The number of rotatable bonds is 5. The Morgan fingerprint density at radius 2 is 2.04 bits per heavy atom. The van der Waals surface area contributed by atoms with Crippen molar-refractivity contribution < 1.29 is 9.53 Å². The predicted octanol–water partition coefficient (Wildman–Crippen LogP) is 3.36. The Morgan fingerprint density at radius 1 is 1.25 bits per heavy atom. The monoisotopic (exact) mass is 379 g/mol. The molecule has 5 nitrogen and oxygen atoms in total. The molecule has 0 bridgehead atoms. The molecule has 4 rings (SSSR count). The molecule has 0 spiro atoms. The molecule has 3 atom stereocenters. The van der Waals surface area contributed by atoms with Crippen LogP contribution in [0.25, 0.3) is 0 Å². The zero-order valence-corrected chi connectivity index (χ0v) is 16.9. The van der Waals surface area contributed by atoms with Gasteiger partial charge in [0.1, 0.15) is 5.75 Å². The zero-order valence-electron chi connectivity index (χ0n) is 16.9. The number of carbonyl (C=O) groups is 1. The van der Waals surface area contributed by atoms with Crippen molar-refractivity contribution in [2.24, 2.45) is 0 Å². The van der Waals surface area contributed by atoms with Gasteiger partial charge in [-0.25, -0.2) is 0 Å². The van der Waals surface area contributed by atoms with Crippen molar-refractivity contribution in [1.82, 2.24) is 10.6 Å². The van der Waals surface area contributed by atoms with Gasteiger partial charge in [0.15, 0.2) is 0 Å². The topological polar surface area (TPSA) is 53.6 Å². The molecule has 1 amide bonds. The lowest BCUT2D eigenvalue weighted by atomic mass is 9.92. The number of anilines is 1. The first-order chi connectivity index (χ1) is 13.6. The van der Waals surface area contributed by atoms with Crippen LogP contribution in [0.1, 0.15) is 48.4 Å². The van der Waals surface area contributed by atoms with E-state index in [1.54, 1.807) is 12.0 Å². The minimum Gasteiger partial charge on any atom is -0.496 e. The van der Waals surface area contributed by atoms with Crippen LogP contribution in [0.5, 0.6) is 5.75 Å². The van der Waals surface area contributed by atoms with Gasteiger partial charge in [-0.05, 0) is 43.5 Å². The first-order valence-electron chi connectivity index (χ1n) is 10.1. The molecule has 148 valence electrons. The molecular weight excluding hydrogens is 350 g/mol. The largest absolute Gasteiger partial charge is 0.496 e. The molecule has 2 aliphatic heterocycles. The van der Waals surface area contributed by atoms with Gasteiger partial charge >= 0.3 is 0 Å². The van der Waals surface area contributed by atoms with Gasteiger partial charge < -0.3 is 20.3 Å². The van der Waals surface area contributed by atoms with Gasteiger partial charge in [0.2, 0.25) is 5.91 Å². The molecule has 2 aromatic rings. The summed E-state index contributed by atoms with van der Waals surface area (Å²) in [5, 5.41) is 7.41. The van der Waals surface area contributed by atoms with Crippen LogP contribution in [-0.4, -0.2) is 32.7 Å². The summed E-state index contributed by atoms with van der Waals surface area (Å²) in [6, 6.07) is 15.4. The summed E-state index contributed by atoms with van der Waals surface area (Å²) >= 11 is 0. The third-order valence-electron chi connectivity index (χ3n) is 6.13. The number of benzene rings is 2. The van der Waals surface area contributed by atoms with Gasteiger partial charge in [-0.3, -0.25) is 4.79 Å². The van der Waals surface area contributed by atoms with Gasteiger partial charge in [0, 0.05) is 37.3 Å². The Kier molecular flexibility index (Phi) is 5.38. The Bertz CT molecular complexity index is 852. The molecule has 2 N–H and O–H groups in total. The molecule has 0 aromatic heterocycles. The highest BCUT2D eigenvalue weighted by Gasteiger charge is 2.33. The van der Waals surface area contributed by atoms with Crippen LogP contribution in [0.15, 0.2) is 42.5 Å². The number of piperidine rings is 1. The van der Waals surface area contributed by atoms with Gasteiger partial charge in [-0.2, -0.15) is 0 Å². The molecule has 2 aromatic carbocycles. The number of amides is 1. The molecule has 0 radical (unpaired) electrons. The zero-order chi connectivity index (χ0) is 19.7. The van der Waals surface area contributed by atoms with Crippen LogP contribution >= 0.6 is 0 Å². The average molecular weight is 380 g/mol. The summed E-state index contributed by atoms with van der Waals surface area (Å²) in [4.78, 5) is 14.1. The highest BCUT2D eigenvalue weighted by molar-refractivity contribution is 6.04. The van der Waals surface area contributed by atoms with E-state index in [0.717, 1.165) is 42.1 Å². The summed E-state index contributed by atoms with van der Waals surface area (Å²) in [5.41, 5.74) is 4.47. The van der Waals surface area contributed by atoms with Crippen molar-refractivity contribution in [1.29, 1.82) is 0 Å². The van der Waals surface area contributed by atoms with Crippen molar-refractivity contribution in [2.45, 2.75) is 44.3 Å². The van der Waals surface area contributed by atoms with E-state index in [1.165, 1.54) is 12.0 Å². The number of hydrogen-bond acceptors (Lipinski definition) is 4. The maximum Gasteiger partial charge on any atom is 0.234 e. The van der Waals surface area contributed by atoms with Crippen molar-refractivity contribution in [3.63, 3.8) is 0 Å². The normalized spacial score (nSPS) is 24.3. The SMILES string of the molecule is COc1cc2c(cc1CN[C@H]1CCCN[C@@H]1c1ccccc1)[C@@H](C)C(=O)N2C. The minimum absolute atomic E-state index is 0.0990. The molecule has 1 fully saturated rings. The second-order valence-corrected chi connectivity index (χ2v) is 7.81. The van der Waals surface area contributed by atoms with Gasteiger partial charge in [0.25, 0.3) is 0 Å². The molecule has 2 heterocycles. The number of nitrogens with zero attached hydrogens (tertiary/aromatic N) is 1. The number of nitrogens with one attached hydrogen (secondary N) is 2. The highest BCUT2D eigenvalue weighted by Crippen LogP contribution is 2.40. The third kappa shape index (κ3) is 3.40. The highest BCUT2D eigenvalue weighted by atomic mass is 16.5. The van der Waals surface area contributed by atoms with Crippen LogP contribution in [0.2, 0.25) is 0 Å². The van der Waals surface area contributed by atoms with Crippen LogP contribution < -0.4 is 20.3 Å². The van der Waals surface area contributed by atoms with E-state index in [2.05, 4.69) is 47.0 Å². The molecule has 5 heteroatoms. The Labute approximate surface area is 167 Å². The molecule has 1 saturated heterocycles. The van der Waals surface area contributed by atoms with Gasteiger partial charge in [0.05, 0.1) is 18.7 Å². The molecule has 28 heavy (non-hydrogen) atoms. The van der Waals surface area contributed by atoms with E-state index in [-0.39, 0.29) is 11.8 Å². The molecule has 0 saturated carbocycles. The molecule has 2 aliphatic rings. The molecular formula is C23H29N3O2. The van der Waals surface area contributed by atoms with E-state index in [0.29, 0.717) is 12.1 Å². The van der Waals surface area contributed by atoms with Crippen molar-refractivity contribution >= 4 is 11.6 Å². The minimum atomic E-state index is -0.0990. The number of fused-ring (bicyclic) bond motifs is 1. The standard InChI is InChI=1S/C23H29N3O2/c1-15-18-12-17(21(28-3)13-20(18)26(2)23(15)27)14-25-19-10-7-11-24-22(19)16-8-5-4-6-9-16/h4-6,8-9,12-13,15,19,22,24-25H,7,10-11,14H2,1-3H3/t15-,19+,22-/m1/s1. The number of likely N-dealkylation sites (N-methyl/N-ethyl adjacent to an activating group) is 1. The average Bonchev–Trinajstić information content (AvgIpc) is 2.96. The van der Waals surface area contributed by atoms with Gasteiger partial charge in [-0.15, -0.1) is 0 Å². The van der Waals surface area contributed by atoms with Crippen molar-refractivity contribution in [2.75, 3.05) is 25.6 Å². The number of hydrogen-bond donors (Lipinski definition) is 2. The van der Waals surface area contributed by atoms with E-state index in [4.69, 9.17) is 4.74 Å². The number of ether oxygens (including phenoxy) is 1. The Balaban J connectivity index is 1.55. The maximum atomic E-state index is 12.3. The first-order valence-corrected chi connectivity index (χ1v) is 10.1. The maximum absolute atomic E-state index is 12.3. The third-order valence-corrected chi connectivity index (χ3v) is 6.13. The van der Waals surface area contributed by atoms with Gasteiger partial charge in [-0.1, -0.05) is 30.3 Å². The van der Waals surface area contributed by atoms with Crippen LogP contribution in [0.4, 0.5) is 5.69 Å². The summed E-state index contributed by atoms with van der Waals surface area (Å²) in [7, 11) is 3.53. The second kappa shape index (κ2) is 7.94. The van der Waals surface area contributed by atoms with E-state index in [1.807, 2.05) is 20.0 Å². The lowest BCUT2D eigenvalue weighted by Gasteiger charge is -2.34. The fourth-order valence-electron chi connectivity index (χ4n) is 4.50. The smallest absolute Gasteiger partial charge is 0.234 e. The summed E-state index contributed by atoms with van der Waals surface area (Å²) in [5.74, 6) is 0.876. The van der Waals surface area contributed by atoms with Crippen LogP contribution in [0.3, 0.4) is 0 Å². The predicted molar refractivity (Wildman–Crippen MR) is 112 cm³/mol. The quantitative estimate of drug-likeness (QED) is 0.836. The van der Waals surface area contributed by atoms with E-state index >= 15 is 0 Å². The van der Waals surface area contributed by atoms with E-state index in [9.17, 15) is 4.79 Å². The lowest BCUT2D eigenvalue weighted by molar-refractivity contribution is -0.118. The first kappa shape index (κ1) is 19.0. The molecule has 0 unspecified atom stereocenters. The van der Waals surface area contributed by atoms with Crippen molar-refractivity contribution in [3.8, 4) is 5.75 Å². The number of methoxy groups -OCH3 is 1. The Morgan fingerprint density at radius 3 is 2.79 bits per heavy atom. The number of carbonyl (C=O) groups excluding carboxylic acids is 1. The summed E-state index contributed by atoms with van der Waals surface area (Å²) < 4.78 is 5.65. The Hall–Kier alpha value is -2.37. The van der Waals surface area contributed by atoms with Crippen LogP contribution in [0, 0.1) is 0 Å². The van der Waals surface area contributed by atoms with Crippen molar-refractivity contribution in [3.05, 3.63) is 59.2 Å². The van der Waals surface area contributed by atoms with Crippen LogP contribution in [-0.2, 0) is 11.3 Å². The fourth-order valence-corrected chi connectivity index (χ4v) is 4.50. The second-order valence-electron chi connectivity index (χ2n) is 7.81. The molecule has 0 aliphatic carbocycles.